The molecule has 0 aliphatic carbocycles. The first-order valence-electron chi connectivity index (χ1n) is 9.61. The number of aryl methyl sites for hydroxylation is 1. The number of piperidine rings is 1. The second-order valence-electron chi connectivity index (χ2n) is 7.17. The Morgan fingerprint density at radius 3 is 2.70 bits per heavy atom. The fourth-order valence-electron chi connectivity index (χ4n) is 3.57. The molecule has 3 N–H and O–H groups in total. The van der Waals surface area contributed by atoms with Gasteiger partial charge in [0.2, 0.25) is 0 Å². The maximum absolute atomic E-state index is 13.2. The molecule has 0 bridgehead atoms. The SMILES string of the molecule is CCc1ccc(C(=O)O)cc1S(=O)(=O)Nc1cc(C#N)ccc1N1CCC[C@H](O)C1. The Hall–Kier alpha value is -3.09. The number of aliphatic hydroxyl groups excluding tert-OH is 1. The molecular formula is C21H23N3O5S. The number of carboxylic acid groups (broad SMARTS) is 1. The number of benzene rings is 2. The summed E-state index contributed by atoms with van der Waals surface area (Å²) in [5.41, 5.74) is 1.41. The fourth-order valence-corrected chi connectivity index (χ4v) is 4.97. The number of anilines is 2. The summed E-state index contributed by atoms with van der Waals surface area (Å²) in [6.07, 6.45) is 1.32. The van der Waals surface area contributed by atoms with Gasteiger partial charge in [-0.1, -0.05) is 13.0 Å². The van der Waals surface area contributed by atoms with Gasteiger partial charge in [0.05, 0.1) is 39.6 Å². The summed E-state index contributed by atoms with van der Waals surface area (Å²) in [4.78, 5) is 13.1. The van der Waals surface area contributed by atoms with Gasteiger partial charge in [0, 0.05) is 13.1 Å². The molecule has 9 heteroatoms. The number of hydrogen-bond donors (Lipinski definition) is 3. The van der Waals surface area contributed by atoms with E-state index >= 15 is 0 Å². The van der Waals surface area contributed by atoms with Crippen molar-refractivity contribution in [2.75, 3.05) is 22.7 Å². The number of β-amino-alcohol motifs (C(OH)–C–C–N with tert-alkyl or cyclic N) is 1. The minimum absolute atomic E-state index is 0.114. The van der Waals surface area contributed by atoms with Gasteiger partial charge in [-0.25, -0.2) is 13.2 Å². The highest BCUT2D eigenvalue weighted by Gasteiger charge is 2.25. The molecule has 2 aromatic rings. The van der Waals surface area contributed by atoms with Crippen LogP contribution in [-0.2, 0) is 16.4 Å². The zero-order chi connectivity index (χ0) is 21.9. The van der Waals surface area contributed by atoms with Crippen LogP contribution in [0.5, 0.6) is 0 Å². The number of rotatable bonds is 6. The summed E-state index contributed by atoms with van der Waals surface area (Å²) in [6.45, 7) is 2.79. The van der Waals surface area contributed by atoms with E-state index < -0.39 is 22.1 Å². The topological polar surface area (TPSA) is 131 Å². The Labute approximate surface area is 175 Å². The number of carboxylic acids is 1. The van der Waals surface area contributed by atoms with E-state index in [2.05, 4.69) is 4.72 Å². The number of nitriles is 1. The van der Waals surface area contributed by atoms with Crippen molar-refractivity contribution in [1.82, 2.24) is 0 Å². The maximum Gasteiger partial charge on any atom is 0.335 e. The molecule has 1 heterocycles. The van der Waals surface area contributed by atoms with Gasteiger partial charge in [-0.15, -0.1) is 0 Å². The Bertz CT molecular complexity index is 1110. The van der Waals surface area contributed by atoms with E-state index in [9.17, 15) is 28.7 Å². The van der Waals surface area contributed by atoms with Gasteiger partial charge >= 0.3 is 5.97 Å². The summed E-state index contributed by atoms with van der Waals surface area (Å²) < 4.78 is 28.9. The van der Waals surface area contributed by atoms with Crippen molar-refractivity contribution in [3.8, 4) is 6.07 Å². The number of sulfonamides is 1. The predicted molar refractivity (Wildman–Crippen MR) is 112 cm³/mol. The fraction of sp³-hybridized carbons (Fsp3) is 0.333. The Morgan fingerprint density at radius 2 is 2.07 bits per heavy atom. The molecule has 1 aliphatic rings. The average molecular weight is 429 g/mol. The lowest BCUT2D eigenvalue weighted by Gasteiger charge is -2.33. The van der Waals surface area contributed by atoms with Crippen molar-refractivity contribution in [2.24, 2.45) is 0 Å². The van der Waals surface area contributed by atoms with Gasteiger partial charge in [-0.3, -0.25) is 4.72 Å². The van der Waals surface area contributed by atoms with Crippen LogP contribution in [0.3, 0.4) is 0 Å². The summed E-state index contributed by atoms with van der Waals surface area (Å²) in [7, 11) is -4.12. The van der Waals surface area contributed by atoms with Gasteiger partial charge in [0.15, 0.2) is 0 Å². The van der Waals surface area contributed by atoms with E-state index in [1.54, 1.807) is 19.1 Å². The molecule has 1 saturated heterocycles. The van der Waals surface area contributed by atoms with E-state index in [4.69, 9.17) is 0 Å². The second-order valence-corrected chi connectivity index (χ2v) is 8.82. The van der Waals surface area contributed by atoms with Crippen molar-refractivity contribution in [3.63, 3.8) is 0 Å². The maximum atomic E-state index is 13.2. The summed E-state index contributed by atoms with van der Waals surface area (Å²) in [6, 6.07) is 10.7. The molecule has 0 radical (unpaired) electrons. The Balaban J connectivity index is 2.05. The van der Waals surface area contributed by atoms with E-state index in [1.807, 2.05) is 11.0 Å². The normalized spacial score (nSPS) is 16.7. The van der Waals surface area contributed by atoms with Crippen molar-refractivity contribution >= 4 is 27.4 Å². The quantitative estimate of drug-likeness (QED) is 0.643. The molecule has 2 aromatic carbocycles. The van der Waals surface area contributed by atoms with Crippen LogP contribution in [0.15, 0.2) is 41.3 Å². The predicted octanol–water partition coefficient (Wildman–Crippen LogP) is 2.58. The molecule has 0 spiro atoms. The highest BCUT2D eigenvalue weighted by molar-refractivity contribution is 7.92. The molecule has 0 unspecified atom stereocenters. The van der Waals surface area contributed by atoms with Crippen LogP contribution in [0.4, 0.5) is 11.4 Å². The largest absolute Gasteiger partial charge is 0.478 e. The van der Waals surface area contributed by atoms with Crippen molar-refractivity contribution in [1.29, 1.82) is 5.26 Å². The van der Waals surface area contributed by atoms with Gasteiger partial charge in [0.1, 0.15) is 0 Å². The third kappa shape index (κ3) is 4.56. The number of nitrogens with zero attached hydrogens (tertiary/aromatic N) is 2. The van der Waals surface area contributed by atoms with Gasteiger partial charge < -0.3 is 15.1 Å². The lowest BCUT2D eigenvalue weighted by Crippen LogP contribution is -2.38. The third-order valence-electron chi connectivity index (χ3n) is 5.09. The molecule has 1 fully saturated rings. The molecule has 158 valence electrons. The van der Waals surface area contributed by atoms with Crippen LogP contribution in [0.2, 0.25) is 0 Å². The smallest absolute Gasteiger partial charge is 0.335 e. The number of hydrogen-bond acceptors (Lipinski definition) is 6. The highest BCUT2D eigenvalue weighted by atomic mass is 32.2. The molecule has 1 atom stereocenters. The van der Waals surface area contributed by atoms with Crippen LogP contribution in [0.25, 0.3) is 0 Å². The number of aliphatic hydroxyl groups is 1. The molecule has 1 aliphatic heterocycles. The number of nitrogens with one attached hydrogen (secondary N) is 1. The zero-order valence-electron chi connectivity index (χ0n) is 16.5. The number of aromatic carboxylic acids is 1. The van der Waals surface area contributed by atoms with Crippen LogP contribution in [0.1, 0.15) is 41.3 Å². The van der Waals surface area contributed by atoms with Crippen molar-refractivity contribution < 1.29 is 23.4 Å². The van der Waals surface area contributed by atoms with Crippen molar-refractivity contribution in [2.45, 2.75) is 37.2 Å². The van der Waals surface area contributed by atoms with Crippen LogP contribution in [-0.4, -0.2) is 43.8 Å². The Morgan fingerprint density at radius 1 is 1.30 bits per heavy atom. The molecule has 8 nitrogen and oxygen atoms in total. The van der Waals surface area contributed by atoms with E-state index in [0.29, 0.717) is 37.2 Å². The van der Waals surface area contributed by atoms with E-state index in [-0.39, 0.29) is 21.7 Å². The summed E-state index contributed by atoms with van der Waals surface area (Å²) in [5, 5.41) is 28.5. The standard InChI is InChI=1S/C21H23N3O5S/c1-2-15-6-7-16(21(26)27)11-20(15)30(28,29)23-18-10-14(12-22)5-8-19(18)24-9-3-4-17(25)13-24/h5-8,10-11,17,23,25H,2-4,9,13H2,1H3,(H,26,27)/t17-/m0/s1. The molecule has 0 aromatic heterocycles. The van der Waals surface area contributed by atoms with Crippen LogP contribution < -0.4 is 9.62 Å². The summed E-state index contributed by atoms with van der Waals surface area (Å²) in [5.74, 6) is -1.22. The van der Waals surface area contributed by atoms with Crippen molar-refractivity contribution in [3.05, 3.63) is 53.1 Å². The average Bonchev–Trinajstić information content (AvgIpc) is 2.72. The molecule has 30 heavy (non-hydrogen) atoms. The summed E-state index contributed by atoms with van der Waals surface area (Å²) >= 11 is 0. The molecule has 3 rings (SSSR count). The minimum atomic E-state index is -4.12. The first-order chi connectivity index (χ1) is 14.2. The Kier molecular flexibility index (Phi) is 6.29. The minimum Gasteiger partial charge on any atom is -0.478 e. The zero-order valence-corrected chi connectivity index (χ0v) is 17.3. The molecule has 0 amide bonds. The highest BCUT2D eigenvalue weighted by Crippen LogP contribution is 2.32. The third-order valence-corrected chi connectivity index (χ3v) is 6.54. The number of carbonyl (C=O) groups is 1. The molecule has 0 saturated carbocycles. The van der Waals surface area contributed by atoms with Crippen LogP contribution in [0, 0.1) is 11.3 Å². The van der Waals surface area contributed by atoms with Gasteiger partial charge in [-0.2, -0.15) is 5.26 Å². The van der Waals surface area contributed by atoms with Gasteiger partial charge in [-0.05, 0) is 55.2 Å². The lowest BCUT2D eigenvalue weighted by atomic mass is 10.1. The van der Waals surface area contributed by atoms with E-state index in [1.165, 1.54) is 18.2 Å². The first kappa shape index (κ1) is 21.6. The molecular weight excluding hydrogens is 406 g/mol. The lowest BCUT2D eigenvalue weighted by molar-refractivity contribution is 0.0696. The second kappa shape index (κ2) is 8.73. The van der Waals surface area contributed by atoms with Crippen LogP contribution >= 0.6 is 0 Å². The van der Waals surface area contributed by atoms with E-state index in [0.717, 1.165) is 12.5 Å². The van der Waals surface area contributed by atoms with Gasteiger partial charge in [0.25, 0.3) is 10.0 Å². The monoisotopic (exact) mass is 429 g/mol. The first-order valence-corrected chi connectivity index (χ1v) is 11.1.